The minimum Gasteiger partial charge on any atom is -0.293 e. The zero-order valence-electron chi connectivity index (χ0n) is 6.80. The van der Waals surface area contributed by atoms with Gasteiger partial charge in [0.15, 0.2) is 0 Å². The van der Waals surface area contributed by atoms with Crippen LogP contribution in [0.25, 0.3) is 0 Å². The highest BCUT2D eigenvalue weighted by atomic mass is 15.1. The maximum atomic E-state index is 5.36. The lowest BCUT2D eigenvalue weighted by Crippen LogP contribution is -2.37. The van der Waals surface area contributed by atoms with Gasteiger partial charge >= 0.3 is 0 Å². The first-order valence-electron chi connectivity index (χ1n) is 3.90. The fraction of sp³-hybridized carbons (Fsp3) is 0.778. The Labute approximate surface area is 63.4 Å². The summed E-state index contributed by atoms with van der Waals surface area (Å²) in [6, 6.07) is 0.392. The van der Waals surface area contributed by atoms with Crippen molar-refractivity contribution in [1.29, 1.82) is 0 Å². The lowest BCUT2D eigenvalue weighted by Gasteiger charge is -2.32. The van der Waals surface area contributed by atoms with E-state index in [0.29, 0.717) is 6.04 Å². The SMILES string of the molecule is C#C[C@@H]1C[C@H](C)CCN1C. The van der Waals surface area contributed by atoms with Gasteiger partial charge in [-0.05, 0) is 32.4 Å². The zero-order valence-corrected chi connectivity index (χ0v) is 6.80. The molecule has 0 N–H and O–H groups in total. The molecule has 0 bridgehead atoms. The highest BCUT2D eigenvalue weighted by Gasteiger charge is 2.20. The van der Waals surface area contributed by atoms with Crippen molar-refractivity contribution >= 4 is 0 Å². The summed E-state index contributed by atoms with van der Waals surface area (Å²) in [5.74, 6) is 3.63. The lowest BCUT2D eigenvalue weighted by molar-refractivity contribution is 0.187. The van der Waals surface area contributed by atoms with E-state index in [1.165, 1.54) is 12.8 Å². The Morgan fingerprint density at radius 3 is 2.80 bits per heavy atom. The van der Waals surface area contributed by atoms with Crippen LogP contribution in [0.15, 0.2) is 0 Å². The Morgan fingerprint density at radius 1 is 1.60 bits per heavy atom. The molecule has 0 aromatic carbocycles. The Bertz CT molecular complexity index is 145. The van der Waals surface area contributed by atoms with Crippen LogP contribution in [-0.2, 0) is 0 Å². The van der Waals surface area contributed by atoms with Crippen LogP contribution in [0.2, 0.25) is 0 Å². The molecular weight excluding hydrogens is 122 g/mol. The maximum Gasteiger partial charge on any atom is 0.0712 e. The Balaban J connectivity index is 2.47. The van der Waals surface area contributed by atoms with Gasteiger partial charge in [0.1, 0.15) is 0 Å². The van der Waals surface area contributed by atoms with Gasteiger partial charge in [-0.15, -0.1) is 6.42 Å². The molecule has 1 fully saturated rings. The fourth-order valence-electron chi connectivity index (χ4n) is 1.45. The molecule has 1 heterocycles. The third kappa shape index (κ3) is 1.52. The van der Waals surface area contributed by atoms with Crippen molar-refractivity contribution < 1.29 is 0 Å². The van der Waals surface area contributed by atoms with Gasteiger partial charge in [-0.1, -0.05) is 12.8 Å². The monoisotopic (exact) mass is 137 g/mol. The second-order valence-electron chi connectivity index (χ2n) is 3.29. The number of hydrogen-bond acceptors (Lipinski definition) is 1. The molecule has 1 aliphatic heterocycles. The molecular formula is C9H15N. The minimum absolute atomic E-state index is 0.392. The third-order valence-corrected chi connectivity index (χ3v) is 2.32. The van der Waals surface area contributed by atoms with Crippen molar-refractivity contribution in [2.24, 2.45) is 5.92 Å². The number of piperidine rings is 1. The van der Waals surface area contributed by atoms with E-state index in [2.05, 4.69) is 24.8 Å². The summed E-state index contributed by atoms with van der Waals surface area (Å²) in [7, 11) is 2.11. The summed E-state index contributed by atoms with van der Waals surface area (Å²) in [6.07, 6.45) is 7.84. The molecule has 1 saturated heterocycles. The summed E-state index contributed by atoms with van der Waals surface area (Å²) in [5.41, 5.74) is 0. The van der Waals surface area contributed by atoms with E-state index in [1.54, 1.807) is 0 Å². The zero-order chi connectivity index (χ0) is 7.56. The molecule has 2 atom stereocenters. The average Bonchev–Trinajstić information content (AvgIpc) is 1.94. The molecule has 0 aliphatic carbocycles. The van der Waals surface area contributed by atoms with Crippen molar-refractivity contribution in [3.05, 3.63) is 0 Å². The van der Waals surface area contributed by atoms with E-state index in [0.717, 1.165) is 12.5 Å². The van der Waals surface area contributed by atoms with Crippen LogP contribution >= 0.6 is 0 Å². The topological polar surface area (TPSA) is 3.24 Å². The Kier molecular flexibility index (Phi) is 2.34. The first kappa shape index (κ1) is 7.63. The van der Waals surface area contributed by atoms with Crippen LogP contribution in [0.3, 0.4) is 0 Å². The Hall–Kier alpha value is -0.480. The third-order valence-electron chi connectivity index (χ3n) is 2.32. The fourth-order valence-corrected chi connectivity index (χ4v) is 1.45. The van der Waals surface area contributed by atoms with Crippen LogP contribution in [-0.4, -0.2) is 24.5 Å². The van der Waals surface area contributed by atoms with Crippen molar-refractivity contribution in [3.63, 3.8) is 0 Å². The summed E-state index contributed by atoms with van der Waals surface area (Å²) in [5, 5.41) is 0. The van der Waals surface area contributed by atoms with Crippen LogP contribution in [0.1, 0.15) is 19.8 Å². The lowest BCUT2D eigenvalue weighted by atomic mass is 9.93. The molecule has 0 saturated carbocycles. The average molecular weight is 137 g/mol. The summed E-state index contributed by atoms with van der Waals surface area (Å²) >= 11 is 0. The van der Waals surface area contributed by atoms with Crippen LogP contribution in [0.4, 0.5) is 0 Å². The van der Waals surface area contributed by atoms with Crippen molar-refractivity contribution in [3.8, 4) is 12.3 Å². The van der Waals surface area contributed by atoms with E-state index < -0.39 is 0 Å². The van der Waals surface area contributed by atoms with Crippen LogP contribution in [0.5, 0.6) is 0 Å². The van der Waals surface area contributed by atoms with Gasteiger partial charge in [0.05, 0.1) is 6.04 Å². The largest absolute Gasteiger partial charge is 0.293 e. The van der Waals surface area contributed by atoms with Crippen molar-refractivity contribution in [1.82, 2.24) is 4.90 Å². The molecule has 1 aliphatic rings. The molecule has 1 heteroatoms. The summed E-state index contributed by atoms with van der Waals surface area (Å²) in [6.45, 7) is 3.44. The van der Waals surface area contributed by atoms with Gasteiger partial charge in [0, 0.05) is 0 Å². The normalized spacial score (nSPS) is 35.3. The first-order valence-corrected chi connectivity index (χ1v) is 3.90. The highest BCUT2D eigenvalue weighted by molar-refractivity contribution is 5.01. The second-order valence-corrected chi connectivity index (χ2v) is 3.29. The number of hydrogen-bond donors (Lipinski definition) is 0. The van der Waals surface area contributed by atoms with Crippen LogP contribution in [0, 0.1) is 18.3 Å². The predicted octanol–water partition coefficient (Wildman–Crippen LogP) is 1.35. The van der Waals surface area contributed by atoms with Gasteiger partial charge in [0.2, 0.25) is 0 Å². The molecule has 0 aromatic rings. The van der Waals surface area contributed by atoms with E-state index >= 15 is 0 Å². The number of terminal acetylenes is 1. The first-order chi connectivity index (χ1) is 4.74. The smallest absolute Gasteiger partial charge is 0.0712 e. The number of nitrogens with zero attached hydrogens (tertiary/aromatic N) is 1. The molecule has 1 rings (SSSR count). The molecule has 10 heavy (non-hydrogen) atoms. The predicted molar refractivity (Wildman–Crippen MR) is 43.6 cm³/mol. The quantitative estimate of drug-likeness (QED) is 0.455. The second kappa shape index (κ2) is 3.07. The van der Waals surface area contributed by atoms with E-state index in [4.69, 9.17) is 6.42 Å². The maximum absolute atomic E-state index is 5.36. The minimum atomic E-state index is 0.392. The van der Waals surface area contributed by atoms with Gasteiger partial charge in [0.25, 0.3) is 0 Å². The molecule has 0 radical (unpaired) electrons. The Morgan fingerprint density at radius 2 is 2.30 bits per heavy atom. The molecule has 1 nitrogen and oxygen atoms in total. The van der Waals surface area contributed by atoms with Gasteiger partial charge < -0.3 is 0 Å². The molecule has 0 unspecified atom stereocenters. The van der Waals surface area contributed by atoms with Crippen LogP contribution < -0.4 is 0 Å². The highest BCUT2D eigenvalue weighted by Crippen LogP contribution is 2.19. The molecule has 0 amide bonds. The number of likely N-dealkylation sites (tertiary alicyclic amines) is 1. The standard InChI is InChI=1S/C9H15N/c1-4-9-7-8(2)5-6-10(9)3/h1,8-9H,5-7H2,2-3H3/t8-,9-/m1/s1. The molecule has 56 valence electrons. The van der Waals surface area contributed by atoms with E-state index in [9.17, 15) is 0 Å². The van der Waals surface area contributed by atoms with Crippen molar-refractivity contribution in [2.45, 2.75) is 25.8 Å². The van der Waals surface area contributed by atoms with E-state index in [-0.39, 0.29) is 0 Å². The molecule has 0 aromatic heterocycles. The van der Waals surface area contributed by atoms with E-state index in [1.807, 2.05) is 0 Å². The van der Waals surface area contributed by atoms with Gasteiger partial charge in [-0.3, -0.25) is 4.90 Å². The van der Waals surface area contributed by atoms with Gasteiger partial charge in [-0.25, -0.2) is 0 Å². The van der Waals surface area contributed by atoms with Crippen molar-refractivity contribution in [2.75, 3.05) is 13.6 Å². The van der Waals surface area contributed by atoms with Gasteiger partial charge in [-0.2, -0.15) is 0 Å². The summed E-state index contributed by atoms with van der Waals surface area (Å²) in [4.78, 5) is 2.26. The summed E-state index contributed by atoms with van der Waals surface area (Å²) < 4.78 is 0. The molecule has 0 spiro atoms. The number of rotatable bonds is 0.